The van der Waals surface area contributed by atoms with Crippen molar-refractivity contribution in [2.75, 3.05) is 0 Å². The second kappa shape index (κ2) is 5.04. The molecule has 1 aliphatic heterocycles. The Morgan fingerprint density at radius 2 is 1.89 bits per heavy atom. The van der Waals surface area contributed by atoms with Gasteiger partial charge in [-0.15, -0.1) is 11.3 Å². The van der Waals surface area contributed by atoms with E-state index >= 15 is 0 Å². The van der Waals surface area contributed by atoms with Crippen molar-refractivity contribution in [3.63, 3.8) is 0 Å². The number of allylic oxidation sites excluding steroid dienone is 1. The van der Waals surface area contributed by atoms with E-state index in [0.29, 0.717) is 0 Å². The largest absolute Gasteiger partial charge is 0.524 e. The lowest BCUT2D eigenvalue weighted by Gasteiger charge is -2.32. The minimum Gasteiger partial charge on any atom is -0.398 e. The lowest BCUT2D eigenvalue weighted by atomic mass is 9.86. The molecule has 1 aliphatic rings. The second-order valence-electron chi connectivity index (χ2n) is 5.94. The lowest BCUT2D eigenvalue weighted by Crippen LogP contribution is -2.41. The Balaban J connectivity index is 2.11. The molecule has 0 saturated carbocycles. The highest BCUT2D eigenvalue weighted by Crippen LogP contribution is 2.39. The first-order chi connectivity index (χ1) is 8.73. The number of hydrogen-bond acceptors (Lipinski definition) is 3. The first kappa shape index (κ1) is 14.8. The molecule has 2 rings (SSSR count). The van der Waals surface area contributed by atoms with Gasteiger partial charge in [0.15, 0.2) is 0 Å². The van der Waals surface area contributed by atoms with E-state index in [-0.39, 0.29) is 11.6 Å². The van der Waals surface area contributed by atoms with E-state index in [1.807, 2.05) is 52.1 Å². The molecule has 2 heterocycles. The number of hydrogen-bond donors (Lipinski definition) is 0. The van der Waals surface area contributed by atoms with Gasteiger partial charge in [-0.2, -0.15) is 0 Å². The Bertz CT molecular complexity index is 452. The summed E-state index contributed by atoms with van der Waals surface area (Å²) in [4.78, 5) is 1.13. The molecule has 1 saturated heterocycles. The summed E-state index contributed by atoms with van der Waals surface area (Å²) in [5.41, 5.74) is -1.36. The minimum absolute atomic E-state index is 0.0269. The maximum Gasteiger partial charge on any atom is 0.524 e. The molecule has 1 aromatic rings. The van der Waals surface area contributed by atoms with Gasteiger partial charge >= 0.3 is 7.12 Å². The molecule has 0 aliphatic carbocycles. The van der Waals surface area contributed by atoms with Crippen LogP contribution in [0.4, 0.5) is 4.39 Å². The van der Waals surface area contributed by atoms with Crippen molar-refractivity contribution in [2.45, 2.75) is 51.7 Å². The Hall–Kier alpha value is -0.645. The molecule has 1 aromatic heterocycles. The highest BCUT2D eigenvalue weighted by Gasteiger charge is 2.53. The van der Waals surface area contributed by atoms with E-state index in [1.165, 1.54) is 0 Å². The van der Waals surface area contributed by atoms with Gasteiger partial charge in [0.05, 0.1) is 11.2 Å². The van der Waals surface area contributed by atoms with Crippen LogP contribution >= 0.6 is 11.3 Å². The van der Waals surface area contributed by atoms with Gasteiger partial charge in [0.1, 0.15) is 5.73 Å². The maximum absolute atomic E-state index is 14.3. The van der Waals surface area contributed by atoms with Gasteiger partial charge in [-0.1, -0.05) is 13.0 Å². The molecule has 0 N–H and O–H groups in total. The minimum atomic E-state index is -0.896. The summed E-state index contributed by atoms with van der Waals surface area (Å²) >= 11 is 1.62. The van der Waals surface area contributed by atoms with Crippen LogP contribution in [0.2, 0.25) is 0 Å². The van der Waals surface area contributed by atoms with Crippen LogP contribution in [0.3, 0.4) is 0 Å². The molecule has 19 heavy (non-hydrogen) atoms. The van der Waals surface area contributed by atoms with Gasteiger partial charge in [0, 0.05) is 10.8 Å². The third-order valence-corrected chi connectivity index (χ3v) is 4.95. The number of rotatable bonds is 3. The SMILES string of the molecule is CC(C=C(F)B1OC(C)(C)C(C)(C)O1)c1cccs1. The highest BCUT2D eigenvalue weighted by atomic mass is 32.1. The van der Waals surface area contributed by atoms with Crippen LogP contribution in [0, 0.1) is 0 Å². The standard InChI is InChI=1S/C14H20BFO2S/c1-10(11-7-6-8-19-11)9-12(16)15-17-13(2,3)14(4,5)18-15/h6-10H,1-5H3. The number of halogens is 1. The fourth-order valence-corrected chi connectivity index (χ4v) is 2.66. The molecule has 5 heteroatoms. The first-order valence-corrected chi connectivity index (χ1v) is 7.37. The molecular formula is C14H20BFO2S. The molecular weight excluding hydrogens is 262 g/mol. The van der Waals surface area contributed by atoms with Crippen molar-refractivity contribution in [1.82, 2.24) is 0 Å². The van der Waals surface area contributed by atoms with Gasteiger partial charge in [-0.05, 0) is 45.2 Å². The van der Waals surface area contributed by atoms with E-state index in [9.17, 15) is 4.39 Å². The van der Waals surface area contributed by atoms with Crippen LogP contribution in [-0.2, 0) is 9.31 Å². The van der Waals surface area contributed by atoms with Crippen molar-refractivity contribution in [3.05, 3.63) is 34.2 Å². The first-order valence-electron chi connectivity index (χ1n) is 6.49. The molecule has 1 fully saturated rings. The zero-order chi connectivity index (χ0) is 14.3. The summed E-state index contributed by atoms with van der Waals surface area (Å²) in [6, 6.07) is 3.97. The molecule has 2 nitrogen and oxygen atoms in total. The summed E-state index contributed by atoms with van der Waals surface area (Å²) in [5, 5.41) is 1.99. The summed E-state index contributed by atoms with van der Waals surface area (Å²) in [6.07, 6.45) is 1.58. The van der Waals surface area contributed by atoms with E-state index < -0.39 is 18.3 Å². The van der Waals surface area contributed by atoms with Crippen molar-refractivity contribution < 1.29 is 13.7 Å². The molecule has 104 valence electrons. The van der Waals surface area contributed by atoms with Gasteiger partial charge in [-0.3, -0.25) is 0 Å². The fraction of sp³-hybridized carbons (Fsp3) is 0.571. The van der Waals surface area contributed by atoms with Crippen molar-refractivity contribution in [2.24, 2.45) is 0 Å². The van der Waals surface area contributed by atoms with Crippen LogP contribution < -0.4 is 0 Å². The molecule has 0 radical (unpaired) electrons. The third-order valence-electron chi connectivity index (χ3n) is 3.88. The Morgan fingerprint density at radius 3 is 2.37 bits per heavy atom. The van der Waals surface area contributed by atoms with Gasteiger partial charge in [0.25, 0.3) is 0 Å². The average molecular weight is 282 g/mol. The molecule has 0 aromatic carbocycles. The molecule has 1 atom stereocenters. The zero-order valence-corrected chi connectivity index (χ0v) is 12.9. The summed E-state index contributed by atoms with van der Waals surface area (Å²) in [6.45, 7) is 9.65. The van der Waals surface area contributed by atoms with Crippen LogP contribution in [0.15, 0.2) is 29.3 Å². The second-order valence-corrected chi connectivity index (χ2v) is 6.92. The molecule has 0 bridgehead atoms. The normalized spacial score (nSPS) is 23.7. The lowest BCUT2D eigenvalue weighted by molar-refractivity contribution is 0.00578. The highest BCUT2D eigenvalue weighted by molar-refractivity contribution is 7.10. The van der Waals surface area contributed by atoms with E-state index in [4.69, 9.17) is 9.31 Å². The van der Waals surface area contributed by atoms with Crippen molar-refractivity contribution in [3.8, 4) is 0 Å². The summed E-state index contributed by atoms with van der Waals surface area (Å²) in [5.74, 6) is 0.0269. The maximum atomic E-state index is 14.3. The predicted molar refractivity (Wildman–Crippen MR) is 78.0 cm³/mol. The van der Waals surface area contributed by atoms with E-state index in [0.717, 1.165) is 4.88 Å². The van der Waals surface area contributed by atoms with Gasteiger partial charge in [0.2, 0.25) is 0 Å². The number of thiophene rings is 1. The van der Waals surface area contributed by atoms with Gasteiger partial charge < -0.3 is 9.31 Å². The smallest absolute Gasteiger partial charge is 0.398 e. The van der Waals surface area contributed by atoms with Gasteiger partial charge in [-0.25, -0.2) is 4.39 Å². The van der Waals surface area contributed by atoms with Crippen LogP contribution in [-0.4, -0.2) is 18.3 Å². The Labute approximate surface area is 118 Å². The Kier molecular flexibility index (Phi) is 3.91. The Morgan fingerprint density at radius 1 is 1.32 bits per heavy atom. The zero-order valence-electron chi connectivity index (χ0n) is 12.1. The summed E-state index contributed by atoms with van der Waals surface area (Å²) < 4.78 is 25.6. The van der Waals surface area contributed by atoms with E-state index in [2.05, 4.69) is 0 Å². The monoisotopic (exact) mass is 282 g/mol. The fourth-order valence-electron chi connectivity index (χ4n) is 1.91. The predicted octanol–water partition coefficient (Wildman–Crippen LogP) is 4.34. The van der Waals surface area contributed by atoms with E-state index in [1.54, 1.807) is 17.4 Å². The summed E-state index contributed by atoms with van der Waals surface area (Å²) in [7, 11) is -0.896. The van der Waals surface area contributed by atoms with Crippen LogP contribution in [0.25, 0.3) is 0 Å². The quantitative estimate of drug-likeness (QED) is 0.768. The molecule has 0 amide bonds. The average Bonchev–Trinajstić information content (AvgIpc) is 2.86. The van der Waals surface area contributed by atoms with Crippen LogP contribution in [0.5, 0.6) is 0 Å². The van der Waals surface area contributed by atoms with Crippen molar-refractivity contribution >= 4 is 18.5 Å². The topological polar surface area (TPSA) is 18.5 Å². The molecule has 0 spiro atoms. The van der Waals surface area contributed by atoms with Crippen LogP contribution in [0.1, 0.15) is 45.4 Å². The third kappa shape index (κ3) is 2.93. The molecule has 1 unspecified atom stereocenters. The van der Waals surface area contributed by atoms with Crippen molar-refractivity contribution in [1.29, 1.82) is 0 Å².